The fourth-order valence-corrected chi connectivity index (χ4v) is 4.26. The number of hydrogen-bond donors (Lipinski definition) is 1. The van der Waals surface area contributed by atoms with E-state index in [9.17, 15) is 4.79 Å². The van der Waals surface area contributed by atoms with E-state index in [1.165, 1.54) is 17.1 Å². The number of aromatic nitrogens is 2. The lowest BCUT2D eigenvalue weighted by atomic mass is 10.1. The number of amides is 2. The maximum absolute atomic E-state index is 12.7. The second-order valence-corrected chi connectivity index (χ2v) is 8.06. The van der Waals surface area contributed by atoms with Crippen LogP contribution in [0.15, 0.2) is 48.5 Å². The maximum atomic E-state index is 12.7. The Morgan fingerprint density at radius 3 is 2.38 bits per heavy atom. The summed E-state index contributed by atoms with van der Waals surface area (Å²) < 4.78 is 4.51. The van der Waals surface area contributed by atoms with E-state index in [1.807, 2.05) is 55.1 Å². The minimum Gasteiger partial charge on any atom is -0.343 e. The van der Waals surface area contributed by atoms with Gasteiger partial charge in [0, 0.05) is 49.8 Å². The highest BCUT2D eigenvalue weighted by molar-refractivity contribution is 7.09. The molecule has 3 aromatic rings. The number of para-hydroxylation sites is 1. The average Bonchev–Trinajstić information content (AvgIpc) is 3.20. The van der Waals surface area contributed by atoms with Crippen LogP contribution in [0, 0.1) is 13.8 Å². The van der Waals surface area contributed by atoms with Crippen molar-refractivity contribution in [1.82, 2.24) is 14.3 Å². The summed E-state index contributed by atoms with van der Waals surface area (Å²) in [6.45, 7) is 6.90. The first kappa shape index (κ1) is 19.4. The minimum absolute atomic E-state index is 0.0379. The zero-order valence-electron chi connectivity index (χ0n) is 16.8. The van der Waals surface area contributed by atoms with Crippen molar-refractivity contribution < 1.29 is 4.79 Å². The summed E-state index contributed by atoms with van der Waals surface area (Å²) in [7, 11) is 0. The van der Waals surface area contributed by atoms with Crippen molar-refractivity contribution in [2.75, 3.05) is 36.4 Å². The van der Waals surface area contributed by atoms with E-state index >= 15 is 0 Å². The Labute approximate surface area is 175 Å². The lowest BCUT2D eigenvalue weighted by molar-refractivity contribution is 0.208. The molecule has 1 fully saturated rings. The molecule has 1 aliphatic heterocycles. The fourth-order valence-electron chi connectivity index (χ4n) is 3.52. The molecule has 1 aromatic heterocycles. The molecule has 0 unspecified atom stereocenters. The molecule has 29 heavy (non-hydrogen) atoms. The average molecular weight is 408 g/mol. The van der Waals surface area contributed by atoms with Crippen molar-refractivity contribution in [1.29, 1.82) is 0 Å². The Hall–Kier alpha value is -2.93. The highest BCUT2D eigenvalue weighted by atomic mass is 32.1. The van der Waals surface area contributed by atoms with Crippen LogP contribution < -0.4 is 10.2 Å². The van der Waals surface area contributed by atoms with Crippen LogP contribution in [0.3, 0.4) is 0 Å². The smallest absolute Gasteiger partial charge is 0.321 e. The predicted octanol–water partition coefficient (Wildman–Crippen LogP) is 4.10. The fraction of sp³-hybridized carbons (Fsp3) is 0.318. The monoisotopic (exact) mass is 407 g/mol. The van der Waals surface area contributed by atoms with Crippen LogP contribution in [0.4, 0.5) is 15.6 Å². The number of anilines is 2. The molecule has 1 saturated heterocycles. The molecule has 0 aliphatic carbocycles. The number of urea groups is 1. The topological polar surface area (TPSA) is 61.4 Å². The standard InChI is InChI=1S/C22H25N5OS/c1-16-7-6-8-17(2)20(16)24-21(28)26-11-13-27(14-12-26)22-23-19(25-29-22)15-18-9-4-3-5-10-18/h3-10H,11-15H2,1-2H3,(H,24,28). The van der Waals surface area contributed by atoms with E-state index in [0.29, 0.717) is 13.1 Å². The Kier molecular flexibility index (Phi) is 5.76. The molecule has 1 N–H and O–H groups in total. The number of hydrogen-bond acceptors (Lipinski definition) is 5. The number of carbonyl (C=O) groups excluding carboxylic acids is 1. The summed E-state index contributed by atoms with van der Waals surface area (Å²) in [5.41, 5.74) is 4.29. The van der Waals surface area contributed by atoms with Crippen molar-refractivity contribution in [3.05, 3.63) is 71.0 Å². The van der Waals surface area contributed by atoms with Crippen LogP contribution >= 0.6 is 11.5 Å². The Morgan fingerprint density at radius 1 is 1.00 bits per heavy atom. The van der Waals surface area contributed by atoms with Gasteiger partial charge in [0.2, 0.25) is 5.13 Å². The second kappa shape index (κ2) is 8.61. The van der Waals surface area contributed by atoms with Gasteiger partial charge in [-0.3, -0.25) is 0 Å². The summed E-state index contributed by atoms with van der Waals surface area (Å²) in [6, 6.07) is 16.3. The van der Waals surface area contributed by atoms with E-state index in [2.05, 4.69) is 26.7 Å². The zero-order chi connectivity index (χ0) is 20.2. The molecule has 150 valence electrons. The van der Waals surface area contributed by atoms with Crippen molar-refractivity contribution >= 4 is 28.4 Å². The number of piperazine rings is 1. The van der Waals surface area contributed by atoms with E-state index in [1.54, 1.807) is 0 Å². The van der Waals surface area contributed by atoms with Gasteiger partial charge in [-0.15, -0.1) is 0 Å². The summed E-state index contributed by atoms with van der Waals surface area (Å²) in [6.07, 6.45) is 0.746. The number of benzene rings is 2. The van der Waals surface area contributed by atoms with Gasteiger partial charge >= 0.3 is 6.03 Å². The number of nitrogens with one attached hydrogen (secondary N) is 1. The van der Waals surface area contributed by atoms with E-state index in [-0.39, 0.29) is 6.03 Å². The Morgan fingerprint density at radius 2 is 1.69 bits per heavy atom. The SMILES string of the molecule is Cc1cccc(C)c1NC(=O)N1CCN(c2nc(Cc3ccccc3)ns2)CC1. The number of aryl methyl sites for hydroxylation is 2. The summed E-state index contributed by atoms with van der Waals surface area (Å²) in [5, 5.41) is 4.01. The highest BCUT2D eigenvalue weighted by Crippen LogP contribution is 2.22. The molecule has 0 saturated carbocycles. The van der Waals surface area contributed by atoms with Crippen LogP contribution in [-0.4, -0.2) is 46.5 Å². The summed E-state index contributed by atoms with van der Waals surface area (Å²) in [5.74, 6) is 0.853. The van der Waals surface area contributed by atoms with Gasteiger partial charge < -0.3 is 15.1 Å². The normalized spacial score (nSPS) is 14.1. The van der Waals surface area contributed by atoms with Gasteiger partial charge in [-0.25, -0.2) is 9.78 Å². The van der Waals surface area contributed by atoms with Gasteiger partial charge in [-0.1, -0.05) is 48.5 Å². The second-order valence-electron chi connectivity index (χ2n) is 7.33. The molecule has 0 spiro atoms. The zero-order valence-corrected chi connectivity index (χ0v) is 17.6. The molecule has 0 radical (unpaired) electrons. The van der Waals surface area contributed by atoms with Crippen LogP contribution in [0.1, 0.15) is 22.5 Å². The Bertz CT molecular complexity index is 960. The third-order valence-electron chi connectivity index (χ3n) is 5.21. The molecule has 0 bridgehead atoms. The van der Waals surface area contributed by atoms with Crippen LogP contribution in [0.25, 0.3) is 0 Å². The van der Waals surface area contributed by atoms with Gasteiger partial charge in [0.25, 0.3) is 0 Å². The van der Waals surface area contributed by atoms with Crippen molar-refractivity contribution in [3.63, 3.8) is 0 Å². The van der Waals surface area contributed by atoms with Crippen molar-refractivity contribution in [2.24, 2.45) is 0 Å². The molecule has 1 aliphatic rings. The molecule has 0 atom stereocenters. The van der Waals surface area contributed by atoms with Gasteiger partial charge in [0.15, 0.2) is 0 Å². The number of carbonyl (C=O) groups is 1. The third kappa shape index (κ3) is 4.56. The lowest BCUT2D eigenvalue weighted by Crippen LogP contribution is -2.50. The molecule has 4 rings (SSSR count). The summed E-state index contributed by atoms with van der Waals surface area (Å²) >= 11 is 1.44. The number of rotatable bonds is 4. The predicted molar refractivity (Wildman–Crippen MR) is 118 cm³/mol. The quantitative estimate of drug-likeness (QED) is 0.707. The van der Waals surface area contributed by atoms with Crippen molar-refractivity contribution in [3.8, 4) is 0 Å². The highest BCUT2D eigenvalue weighted by Gasteiger charge is 2.24. The third-order valence-corrected chi connectivity index (χ3v) is 6.03. The molecule has 7 heteroatoms. The molecule has 2 heterocycles. The first-order chi connectivity index (χ1) is 14.1. The van der Waals surface area contributed by atoms with Crippen LogP contribution in [-0.2, 0) is 6.42 Å². The van der Waals surface area contributed by atoms with Gasteiger partial charge in [-0.2, -0.15) is 4.37 Å². The van der Waals surface area contributed by atoms with Crippen LogP contribution in [0.5, 0.6) is 0 Å². The van der Waals surface area contributed by atoms with Gasteiger partial charge in [-0.05, 0) is 30.5 Å². The Balaban J connectivity index is 1.33. The molecular weight excluding hydrogens is 382 g/mol. The molecule has 2 aromatic carbocycles. The first-order valence-corrected chi connectivity index (χ1v) is 10.6. The minimum atomic E-state index is -0.0379. The summed E-state index contributed by atoms with van der Waals surface area (Å²) in [4.78, 5) is 21.5. The lowest BCUT2D eigenvalue weighted by Gasteiger charge is -2.34. The molecule has 6 nitrogen and oxygen atoms in total. The number of nitrogens with zero attached hydrogens (tertiary/aromatic N) is 4. The van der Waals surface area contributed by atoms with Gasteiger partial charge in [0.05, 0.1) is 0 Å². The van der Waals surface area contributed by atoms with Crippen molar-refractivity contribution in [2.45, 2.75) is 20.3 Å². The van der Waals surface area contributed by atoms with Crippen LogP contribution in [0.2, 0.25) is 0 Å². The van der Waals surface area contributed by atoms with E-state index in [0.717, 1.165) is 47.3 Å². The van der Waals surface area contributed by atoms with E-state index in [4.69, 9.17) is 4.98 Å². The molecular formula is C22H25N5OS. The van der Waals surface area contributed by atoms with Gasteiger partial charge in [0.1, 0.15) is 5.82 Å². The largest absolute Gasteiger partial charge is 0.343 e. The maximum Gasteiger partial charge on any atom is 0.321 e. The van der Waals surface area contributed by atoms with E-state index < -0.39 is 0 Å². The first-order valence-electron chi connectivity index (χ1n) is 9.84. The molecule has 2 amide bonds.